The fourth-order valence-corrected chi connectivity index (χ4v) is 6.27. The molecule has 1 fully saturated rings. The van der Waals surface area contributed by atoms with E-state index in [0.29, 0.717) is 35.5 Å². The number of rotatable bonds is 6. The summed E-state index contributed by atoms with van der Waals surface area (Å²) in [6.07, 6.45) is 6.14. The summed E-state index contributed by atoms with van der Waals surface area (Å²) in [5.41, 5.74) is 5.96. The van der Waals surface area contributed by atoms with E-state index in [1.54, 1.807) is 14.2 Å². The molecule has 0 bridgehead atoms. The molecular formula is C32H37NO5. The molecule has 0 radical (unpaired) electrons. The maximum absolute atomic E-state index is 13.9. The van der Waals surface area contributed by atoms with E-state index < -0.39 is 5.92 Å². The maximum atomic E-state index is 13.9. The minimum Gasteiger partial charge on any atom is -0.493 e. The number of methoxy groups -OCH3 is 2. The molecular weight excluding hydrogens is 478 g/mol. The standard InChI is InChI=1S/C32H37NO5/c1-19-10-8-9-13-24(19)30-29(32(35)38-23-11-6-5-7-12-23)20(2)33-25-16-22(17-26(34)31(25)30)21-14-15-27(36-3)28(18-21)37-4/h8-10,13-15,18,22-23,30,33H,5-7,11-12,16-17H2,1-4H3. The van der Waals surface area contributed by atoms with Gasteiger partial charge in [-0.15, -0.1) is 0 Å². The molecule has 5 rings (SSSR count). The van der Waals surface area contributed by atoms with Crippen molar-refractivity contribution >= 4 is 11.8 Å². The van der Waals surface area contributed by atoms with Crippen molar-refractivity contribution in [3.63, 3.8) is 0 Å². The molecule has 2 aromatic carbocycles. The molecule has 200 valence electrons. The van der Waals surface area contributed by atoms with Gasteiger partial charge in [-0.05, 0) is 80.7 Å². The first kappa shape index (κ1) is 26.1. The molecule has 3 aliphatic rings. The second-order valence-corrected chi connectivity index (χ2v) is 10.7. The Morgan fingerprint density at radius 1 is 0.921 bits per heavy atom. The van der Waals surface area contributed by atoms with Gasteiger partial charge in [0.2, 0.25) is 0 Å². The topological polar surface area (TPSA) is 73.9 Å². The molecule has 0 spiro atoms. The number of allylic oxidation sites excluding steroid dienone is 3. The molecule has 0 amide bonds. The molecule has 1 N–H and O–H groups in total. The Hall–Kier alpha value is -3.54. The van der Waals surface area contributed by atoms with E-state index in [0.717, 1.165) is 53.8 Å². The van der Waals surface area contributed by atoms with E-state index >= 15 is 0 Å². The zero-order valence-corrected chi connectivity index (χ0v) is 22.8. The Bertz CT molecular complexity index is 1300. The van der Waals surface area contributed by atoms with Crippen molar-refractivity contribution in [3.8, 4) is 11.5 Å². The van der Waals surface area contributed by atoms with Gasteiger partial charge in [0.1, 0.15) is 6.10 Å². The van der Waals surface area contributed by atoms with Gasteiger partial charge in [-0.3, -0.25) is 4.79 Å². The number of Topliss-reactive ketones (excluding diaryl/α,β-unsaturated/α-hetero) is 1. The number of nitrogens with one attached hydrogen (secondary N) is 1. The monoisotopic (exact) mass is 515 g/mol. The number of hydrogen-bond donors (Lipinski definition) is 1. The van der Waals surface area contributed by atoms with E-state index in [9.17, 15) is 9.59 Å². The van der Waals surface area contributed by atoms with E-state index in [1.165, 1.54) is 6.42 Å². The van der Waals surface area contributed by atoms with Crippen LogP contribution in [0.1, 0.15) is 80.4 Å². The lowest BCUT2D eigenvalue weighted by Gasteiger charge is -2.37. The first-order valence-corrected chi connectivity index (χ1v) is 13.6. The molecule has 38 heavy (non-hydrogen) atoms. The number of carbonyl (C=O) groups is 2. The number of dihydropyridines is 1. The van der Waals surface area contributed by atoms with Crippen molar-refractivity contribution in [1.29, 1.82) is 0 Å². The van der Waals surface area contributed by atoms with Crippen molar-refractivity contribution in [2.45, 2.75) is 76.7 Å². The molecule has 2 unspecified atom stereocenters. The SMILES string of the molecule is COc1ccc(C2CC(=O)C3=C(C2)NC(C)=C(C(=O)OC2CCCCC2)C3c2ccccc2C)cc1OC. The van der Waals surface area contributed by atoms with Crippen LogP contribution in [0.2, 0.25) is 0 Å². The number of hydrogen-bond acceptors (Lipinski definition) is 6. The van der Waals surface area contributed by atoms with Gasteiger partial charge in [0.15, 0.2) is 17.3 Å². The molecule has 0 aromatic heterocycles. The molecule has 0 saturated heterocycles. The van der Waals surface area contributed by atoms with Gasteiger partial charge in [-0.25, -0.2) is 4.79 Å². The quantitative estimate of drug-likeness (QED) is 0.459. The fourth-order valence-electron chi connectivity index (χ4n) is 6.27. The average Bonchev–Trinajstić information content (AvgIpc) is 2.92. The molecule has 6 heteroatoms. The van der Waals surface area contributed by atoms with Crippen LogP contribution in [0.25, 0.3) is 0 Å². The van der Waals surface area contributed by atoms with E-state index in [-0.39, 0.29) is 23.8 Å². The lowest BCUT2D eigenvalue weighted by molar-refractivity contribution is -0.146. The highest BCUT2D eigenvalue weighted by Crippen LogP contribution is 2.47. The van der Waals surface area contributed by atoms with Crippen LogP contribution in [0.4, 0.5) is 0 Å². The highest BCUT2D eigenvalue weighted by atomic mass is 16.5. The van der Waals surface area contributed by atoms with Crippen LogP contribution in [0.3, 0.4) is 0 Å². The predicted molar refractivity (Wildman–Crippen MR) is 146 cm³/mol. The Morgan fingerprint density at radius 2 is 1.66 bits per heavy atom. The second kappa shape index (κ2) is 11.1. The number of carbonyl (C=O) groups excluding carboxylic acids is 2. The average molecular weight is 516 g/mol. The molecule has 2 atom stereocenters. The van der Waals surface area contributed by atoms with Crippen LogP contribution in [0.15, 0.2) is 65.0 Å². The van der Waals surface area contributed by atoms with Gasteiger partial charge in [-0.1, -0.05) is 36.8 Å². The molecule has 2 aliphatic carbocycles. The van der Waals surface area contributed by atoms with E-state index in [1.807, 2.05) is 56.3 Å². The minimum absolute atomic E-state index is 0.00498. The van der Waals surface area contributed by atoms with Crippen LogP contribution in [-0.2, 0) is 14.3 Å². The van der Waals surface area contributed by atoms with Crippen molar-refractivity contribution in [1.82, 2.24) is 5.32 Å². The zero-order chi connectivity index (χ0) is 26.8. The normalized spacial score (nSPS) is 22.1. The lowest BCUT2D eigenvalue weighted by atomic mass is 9.71. The molecule has 1 aliphatic heterocycles. The molecule has 1 saturated carbocycles. The minimum atomic E-state index is -0.442. The zero-order valence-electron chi connectivity index (χ0n) is 22.8. The number of aryl methyl sites for hydroxylation is 1. The summed E-state index contributed by atoms with van der Waals surface area (Å²) < 4.78 is 17.0. The number of ketones is 1. The Labute approximate surface area is 225 Å². The summed E-state index contributed by atoms with van der Waals surface area (Å²) in [5.74, 6) is 0.611. The first-order valence-electron chi connectivity index (χ1n) is 13.6. The first-order chi connectivity index (χ1) is 18.4. The van der Waals surface area contributed by atoms with Crippen molar-refractivity contribution in [2.75, 3.05) is 14.2 Å². The third kappa shape index (κ3) is 4.96. The Morgan fingerprint density at radius 3 is 2.37 bits per heavy atom. The van der Waals surface area contributed by atoms with Crippen LogP contribution >= 0.6 is 0 Å². The predicted octanol–water partition coefficient (Wildman–Crippen LogP) is 6.25. The molecule has 1 heterocycles. The van der Waals surface area contributed by atoms with Crippen molar-refractivity contribution in [2.24, 2.45) is 0 Å². The molecule has 2 aromatic rings. The lowest BCUT2D eigenvalue weighted by Crippen LogP contribution is -2.37. The highest BCUT2D eigenvalue weighted by molar-refractivity contribution is 6.04. The van der Waals surface area contributed by atoms with E-state index in [4.69, 9.17) is 14.2 Å². The summed E-state index contributed by atoms with van der Waals surface area (Å²) >= 11 is 0. The van der Waals surface area contributed by atoms with Gasteiger partial charge in [0.25, 0.3) is 0 Å². The summed E-state index contributed by atoms with van der Waals surface area (Å²) in [5, 5.41) is 3.47. The van der Waals surface area contributed by atoms with Gasteiger partial charge >= 0.3 is 5.97 Å². The number of benzene rings is 2. The number of ether oxygens (including phenoxy) is 3. The summed E-state index contributed by atoms with van der Waals surface area (Å²) in [7, 11) is 3.23. The van der Waals surface area contributed by atoms with Crippen LogP contribution < -0.4 is 14.8 Å². The summed E-state index contributed by atoms with van der Waals surface area (Å²) in [6.45, 7) is 3.97. The summed E-state index contributed by atoms with van der Waals surface area (Å²) in [6, 6.07) is 13.9. The largest absolute Gasteiger partial charge is 0.493 e. The van der Waals surface area contributed by atoms with Crippen molar-refractivity contribution in [3.05, 3.63) is 81.7 Å². The third-order valence-corrected chi connectivity index (χ3v) is 8.25. The van der Waals surface area contributed by atoms with Crippen LogP contribution in [-0.4, -0.2) is 32.1 Å². The summed E-state index contributed by atoms with van der Waals surface area (Å²) in [4.78, 5) is 27.6. The van der Waals surface area contributed by atoms with Gasteiger partial charge in [-0.2, -0.15) is 0 Å². The van der Waals surface area contributed by atoms with Crippen molar-refractivity contribution < 1.29 is 23.8 Å². The van der Waals surface area contributed by atoms with Crippen LogP contribution in [0, 0.1) is 6.92 Å². The van der Waals surface area contributed by atoms with Crippen LogP contribution in [0.5, 0.6) is 11.5 Å². The Balaban J connectivity index is 1.52. The number of esters is 1. The van der Waals surface area contributed by atoms with Gasteiger partial charge < -0.3 is 19.5 Å². The second-order valence-electron chi connectivity index (χ2n) is 10.7. The van der Waals surface area contributed by atoms with Gasteiger partial charge in [0, 0.05) is 29.3 Å². The maximum Gasteiger partial charge on any atom is 0.337 e. The van der Waals surface area contributed by atoms with Gasteiger partial charge in [0.05, 0.1) is 19.8 Å². The Kier molecular flexibility index (Phi) is 7.59. The van der Waals surface area contributed by atoms with E-state index in [2.05, 4.69) is 5.32 Å². The third-order valence-electron chi connectivity index (χ3n) is 8.25. The smallest absolute Gasteiger partial charge is 0.337 e. The fraction of sp³-hybridized carbons (Fsp3) is 0.438. The highest BCUT2D eigenvalue weighted by Gasteiger charge is 2.42. The molecule has 6 nitrogen and oxygen atoms in total.